The molecule has 1 aliphatic rings. The summed E-state index contributed by atoms with van der Waals surface area (Å²) in [5.74, 6) is 0.480. The van der Waals surface area contributed by atoms with Crippen LogP contribution >= 0.6 is 0 Å². The molecule has 1 aliphatic heterocycles. The number of likely N-dealkylation sites (tertiary alicyclic amines) is 1. The fraction of sp³-hybridized carbons (Fsp3) is 0.320. The predicted molar refractivity (Wildman–Crippen MR) is 119 cm³/mol. The van der Waals surface area contributed by atoms with Crippen molar-refractivity contribution in [1.29, 1.82) is 0 Å². The molecule has 30 heavy (non-hydrogen) atoms. The normalized spacial score (nSPS) is 17.4. The molecule has 1 fully saturated rings. The fourth-order valence-electron chi connectivity index (χ4n) is 4.55. The van der Waals surface area contributed by atoms with Gasteiger partial charge in [-0.3, -0.25) is 10.00 Å². The number of hydrogen-bond donors (Lipinski definition) is 1. The van der Waals surface area contributed by atoms with Gasteiger partial charge in [0.15, 0.2) is 0 Å². The van der Waals surface area contributed by atoms with Gasteiger partial charge < -0.3 is 0 Å². The number of hydrogen-bond acceptors (Lipinski definition) is 4. The van der Waals surface area contributed by atoms with Gasteiger partial charge in [-0.2, -0.15) is 5.10 Å². The summed E-state index contributed by atoms with van der Waals surface area (Å²) in [5, 5.41) is 7.70. The van der Waals surface area contributed by atoms with Crippen molar-refractivity contribution in [2.24, 2.45) is 0 Å². The quantitative estimate of drug-likeness (QED) is 0.533. The molecule has 1 saturated heterocycles. The number of benzene rings is 2. The lowest BCUT2D eigenvalue weighted by atomic mass is 9.90. The van der Waals surface area contributed by atoms with Gasteiger partial charge in [-0.25, -0.2) is 9.97 Å². The highest BCUT2D eigenvalue weighted by Crippen LogP contribution is 2.30. The SMILES string of the molecule is Cc1nc2ccccc2nc1CN1CCC[C@@H](c2[nH]ncc2Cc2ccccc2)C1. The maximum Gasteiger partial charge on any atom is 0.0890 e. The molecule has 152 valence electrons. The summed E-state index contributed by atoms with van der Waals surface area (Å²) in [6, 6.07) is 18.8. The first-order valence-electron chi connectivity index (χ1n) is 10.8. The van der Waals surface area contributed by atoms with E-state index in [0.29, 0.717) is 5.92 Å². The number of rotatable bonds is 5. The van der Waals surface area contributed by atoms with Crippen LogP contribution in [0.15, 0.2) is 60.8 Å². The Labute approximate surface area is 177 Å². The second-order valence-corrected chi connectivity index (χ2v) is 8.29. The van der Waals surface area contributed by atoms with Crippen molar-refractivity contribution >= 4 is 11.0 Å². The lowest BCUT2D eigenvalue weighted by molar-refractivity contribution is 0.195. The zero-order valence-electron chi connectivity index (χ0n) is 17.4. The molecular weight excluding hydrogens is 370 g/mol. The molecule has 0 amide bonds. The molecule has 2 aromatic heterocycles. The van der Waals surface area contributed by atoms with Gasteiger partial charge in [0.05, 0.1) is 28.6 Å². The van der Waals surface area contributed by atoms with Crippen LogP contribution in [0.2, 0.25) is 0 Å². The Hall–Kier alpha value is -3.05. The standard InChI is InChI=1S/C25H27N5/c1-18-24(28-23-12-6-5-11-22(23)27-18)17-30-13-7-10-20(16-30)25-21(15-26-29-25)14-19-8-3-2-4-9-19/h2-6,8-9,11-12,15,20H,7,10,13-14,16-17H2,1H3,(H,26,29)/t20-/m1/s1. The maximum atomic E-state index is 4.91. The third-order valence-corrected chi connectivity index (χ3v) is 6.12. The van der Waals surface area contributed by atoms with Gasteiger partial charge >= 0.3 is 0 Å². The summed E-state index contributed by atoms with van der Waals surface area (Å²) in [6.45, 7) is 5.05. The van der Waals surface area contributed by atoms with E-state index in [1.54, 1.807) is 0 Å². The van der Waals surface area contributed by atoms with Crippen molar-refractivity contribution < 1.29 is 0 Å². The van der Waals surface area contributed by atoms with Gasteiger partial charge in [-0.15, -0.1) is 0 Å². The Balaban J connectivity index is 1.32. The average molecular weight is 398 g/mol. The smallest absolute Gasteiger partial charge is 0.0890 e. The monoisotopic (exact) mass is 397 g/mol. The molecule has 0 aliphatic carbocycles. The summed E-state index contributed by atoms with van der Waals surface area (Å²) < 4.78 is 0. The van der Waals surface area contributed by atoms with Crippen LogP contribution in [-0.2, 0) is 13.0 Å². The minimum atomic E-state index is 0.480. The Morgan fingerprint density at radius 3 is 2.60 bits per heavy atom. The number of H-pyrrole nitrogens is 1. The summed E-state index contributed by atoms with van der Waals surface area (Å²) in [4.78, 5) is 12.2. The van der Waals surface area contributed by atoms with Crippen LogP contribution in [0.4, 0.5) is 0 Å². The van der Waals surface area contributed by atoms with E-state index in [9.17, 15) is 0 Å². The van der Waals surface area contributed by atoms with E-state index < -0.39 is 0 Å². The van der Waals surface area contributed by atoms with E-state index >= 15 is 0 Å². The fourth-order valence-corrected chi connectivity index (χ4v) is 4.55. The molecule has 5 nitrogen and oxygen atoms in total. The van der Waals surface area contributed by atoms with Crippen LogP contribution in [0.1, 0.15) is 47.0 Å². The Morgan fingerprint density at radius 2 is 1.77 bits per heavy atom. The van der Waals surface area contributed by atoms with E-state index in [0.717, 1.165) is 48.5 Å². The second kappa shape index (κ2) is 8.36. The molecule has 1 N–H and O–H groups in total. The molecule has 0 bridgehead atoms. The number of aromatic nitrogens is 4. The summed E-state index contributed by atoms with van der Waals surface area (Å²) >= 11 is 0. The molecule has 4 aromatic rings. The van der Waals surface area contributed by atoms with Crippen molar-refractivity contribution in [3.63, 3.8) is 0 Å². The summed E-state index contributed by atoms with van der Waals surface area (Å²) in [6.07, 6.45) is 5.32. The molecule has 5 heteroatoms. The van der Waals surface area contributed by atoms with Gasteiger partial charge in [0, 0.05) is 31.1 Å². The number of aryl methyl sites for hydroxylation is 1. The van der Waals surface area contributed by atoms with Crippen molar-refractivity contribution in [2.75, 3.05) is 13.1 Å². The van der Waals surface area contributed by atoms with Crippen LogP contribution in [0.25, 0.3) is 11.0 Å². The maximum absolute atomic E-state index is 4.91. The molecule has 2 aromatic carbocycles. The summed E-state index contributed by atoms with van der Waals surface area (Å²) in [7, 11) is 0. The molecule has 0 unspecified atom stereocenters. The molecule has 1 atom stereocenters. The highest BCUT2D eigenvalue weighted by atomic mass is 15.2. The lowest BCUT2D eigenvalue weighted by Gasteiger charge is -2.32. The van der Waals surface area contributed by atoms with E-state index in [2.05, 4.69) is 52.4 Å². The van der Waals surface area contributed by atoms with Gasteiger partial charge in [-0.05, 0) is 49.6 Å². The van der Waals surface area contributed by atoms with Crippen molar-refractivity contribution in [2.45, 2.75) is 38.6 Å². The Morgan fingerprint density at radius 1 is 1.00 bits per heavy atom. The zero-order valence-corrected chi connectivity index (χ0v) is 17.4. The third-order valence-electron chi connectivity index (χ3n) is 6.12. The van der Waals surface area contributed by atoms with Gasteiger partial charge in [-0.1, -0.05) is 42.5 Å². The molecule has 0 radical (unpaired) electrons. The van der Waals surface area contributed by atoms with Gasteiger partial charge in [0.25, 0.3) is 0 Å². The van der Waals surface area contributed by atoms with E-state index in [1.807, 2.05) is 30.5 Å². The third kappa shape index (κ3) is 3.98. The lowest BCUT2D eigenvalue weighted by Crippen LogP contribution is -2.35. The number of nitrogens with one attached hydrogen (secondary N) is 1. The second-order valence-electron chi connectivity index (χ2n) is 8.29. The Bertz CT molecular complexity index is 1130. The molecule has 3 heterocycles. The van der Waals surface area contributed by atoms with E-state index in [4.69, 9.17) is 9.97 Å². The van der Waals surface area contributed by atoms with Crippen molar-refractivity contribution in [3.8, 4) is 0 Å². The number of piperidine rings is 1. The zero-order chi connectivity index (χ0) is 20.3. The van der Waals surface area contributed by atoms with Gasteiger partial charge in [0.2, 0.25) is 0 Å². The van der Waals surface area contributed by atoms with Crippen molar-refractivity contribution in [1.82, 2.24) is 25.1 Å². The first-order chi connectivity index (χ1) is 14.8. The van der Waals surface area contributed by atoms with Crippen molar-refractivity contribution in [3.05, 3.63) is 89.0 Å². The van der Waals surface area contributed by atoms with Crippen LogP contribution in [0.3, 0.4) is 0 Å². The highest BCUT2D eigenvalue weighted by molar-refractivity contribution is 5.74. The average Bonchev–Trinajstić information content (AvgIpc) is 3.23. The molecule has 0 saturated carbocycles. The highest BCUT2D eigenvalue weighted by Gasteiger charge is 2.25. The molecule has 5 rings (SSSR count). The minimum absolute atomic E-state index is 0.480. The van der Waals surface area contributed by atoms with Gasteiger partial charge in [0.1, 0.15) is 0 Å². The number of aromatic amines is 1. The Kier molecular flexibility index (Phi) is 5.28. The van der Waals surface area contributed by atoms with E-state index in [-0.39, 0.29) is 0 Å². The number of para-hydroxylation sites is 2. The van der Waals surface area contributed by atoms with Crippen LogP contribution in [-0.4, -0.2) is 38.2 Å². The minimum Gasteiger partial charge on any atom is -0.297 e. The summed E-state index contributed by atoms with van der Waals surface area (Å²) in [5.41, 5.74) is 8.00. The molecular formula is C25H27N5. The topological polar surface area (TPSA) is 57.7 Å². The first-order valence-corrected chi connectivity index (χ1v) is 10.8. The van der Waals surface area contributed by atoms with Crippen LogP contribution < -0.4 is 0 Å². The number of fused-ring (bicyclic) bond motifs is 1. The molecule has 0 spiro atoms. The van der Waals surface area contributed by atoms with Crippen LogP contribution in [0.5, 0.6) is 0 Å². The van der Waals surface area contributed by atoms with Crippen LogP contribution in [0, 0.1) is 6.92 Å². The van der Waals surface area contributed by atoms with E-state index in [1.165, 1.54) is 29.7 Å². The number of nitrogens with zero attached hydrogens (tertiary/aromatic N) is 4. The largest absolute Gasteiger partial charge is 0.297 e. The first kappa shape index (κ1) is 18.9. The predicted octanol–water partition coefficient (Wildman–Crippen LogP) is 4.63.